The smallest absolute Gasteiger partial charge is 0.224 e. The molecule has 1 aromatic carbocycles. The van der Waals surface area contributed by atoms with Gasteiger partial charge >= 0.3 is 0 Å². The maximum atomic E-state index is 13.2. The van der Waals surface area contributed by atoms with Crippen LogP contribution < -0.4 is 10.6 Å². The molecule has 0 unspecified atom stereocenters. The lowest BCUT2D eigenvalue weighted by Crippen LogP contribution is -2.43. The van der Waals surface area contributed by atoms with Crippen LogP contribution in [0.1, 0.15) is 6.42 Å². The molecule has 0 aliphatic carbocycles. The highest BCUT2D eigenvalue weighted by molar-refractivity contribution is 5.91. The number of benzene rings is 1. The van der Waals surface area contributed by atoms with E-state index >= 15 is 0 Å². The fourth-order valence-corrected chi connectivity index (χ4v) is 1.52. The number of hydrogen-bond acceptors (Lipinski definition) is 2. The van der Waals surface area contributed by atoms with Gasteiger partial charge in [-0.15, -0.1) is 0 Å². The normalized spacial score (nSPS) is 15.8. The summed E-state index contributed by atoms with van der Waals surface area (Å²) in [6.45, 7) is 1.76. The summed E-state index contributed by atoms with van der Waals surface area (Å²) in [6.07, 6.45) is 0.460. The lowest BCUT2D eigenvalue weighted by Gasteiger charge is -2.26. The van der Waals surface area contributed by atoms with Gasteiger partial charge in [0.25, 0.3) is 0 Å². The number of nitrogens with one attached hydrogen (secondary N) is 2. The molecule has 3 nitrogen and oxygen atoms in total. The van der Waals surface area contributed by atoms with Crippen molar-refractivity contribution < 1.29 is 9.18 Å². The van der Waals surface area contributed by atoms with Crippen LogP contribution in [0, 0.1) is 11.7 Å². The van der Waals surface area contributed by atoms with E-state index in [9.17, 15) is 9.18 Å². The number of hydrogen-bond donors (Lipinski definition) is 2. The van der Waals surface area contributed by atoms with E-state index < -0.39 is 5.82 Å². The third-order valence-corrected chi connectivity index (χ3v) is 2.49. The molecule has 0 saturated carbocycles. The Balaban J connectivity index is 1.90. The zero-order valence-corrected chi connectivity index (χ0v) is 8.29. The van der Waals surface area contributed by atoms with Crippen LogP contribution in [0.5, 0.6) is 0 Å². The van der Waals surface area contributed by atoms with E-state index in [0.717, 1.165) is 13.1 Å². The van der Waals surface area contributed by atoms with E-state index in [1.807, 2.05) is 0 Å². The predicted octanol–water partition coefficient (Wildman–Crippen LogP) is 1.37. The van der Waals surface area contributed by atoms with Crippen molar-refractivity contribution in [3.8, 4) is 0 Å². The van der Waals surface area contributed by atoms with Crippen molar-refractivity contribution in [3.05, 3.63) is 30.1 Å². The lowest BCUT2D eigenvalue weighted by atomic mass is 9.99. The minimum atomic E-state index is -0.391. The molecule has 80 valence electrons. The molecular weight excluding hydrogens is 195 g/mol. The highest BCUT2D eigenvalue weighted by Crippen LogP contribution is 2.14. The molecule has 1 saturated heterocycles. The van der Waals surface area contributed by atoms with Crippen molar-refractivity contribution in [2.75, 3.05) is 18.4 Å². The van der Waals surface area contributed by atoms with Crippen molar-refractivity contribution in [2.45, 2.75) is 6.42 Å². The van der Waals surface area contributed by atoms with Crippen LogP contribution in [0.4, 0.5) is 10.1 Å². The van der Waals surface area contributed by atoms with E-state index in [2.05, 4.69) is 10.6 Å². The second-order valence-corrected chi connectivity index (χ2v) is 3.76. The summed E-state index contributed by atoms with van der Waals surface area (Å²) in [5, 5.41) is 5.66. The third kappa shape index (κ3) is 2.53. The first kappa shape index (κ1) is 10.1. The number of halogens is 1. The van der Waals surface area contributed by atoms with Gasteiger partial charge in [-0.05, 0) is 31.1 Å². The molecule has 0 bridgehead atoms. The van der Waals surface area contributed by atoms with Crippen LogP contribution in [0.3, 0.4) is 0 Å². The van der Waals surface area contributed by atoms with Gasteiger partial charge in [-0.2, -0.15) is 0 Å². The number of rotatable bonds is 3. The zero-order chi connectivity index (χ0) is 10.7. The van der Waals surface area contributed by atoms with Crippen molar-refractivity contribution >= 4 is 11.6 Å². The summed E-state index contributed by atoms with van der Waals surface area (Å²) in [4.78, 5) is 11.5. The Morgan fingerprint density at radius 2 is 2.20 bits per heavy atom. The van der Waals surface area contributed by atoms with Crippen LogP contribution >= 0.6 is 0 Å². The SMILES string of the molecule is O=C(CC1CNC1)Nc1ccccc1F. The Labute approximate surface area is 87.7 Å². The fourth-order valence-electron chi connectivity index (χ4n) is 1.52. The molecule has 1 aliphatic rings. The summed E-state index contributed by atoms with van der Waals surface area (Å²) < 4.78 is 13.2. The standard InChI is InChI=1S/C11H13FN2O/c12-9-3-1-2-4-10(9)14-11(15)5-8-6-13-7-8/h1-4,8,13H,5-7H2,(H,14,15). The van der Waals surface area contributed by atoms with Gasteiger partial charge in [-0.3, -0.25) is 4.79 Å². The largest absolute Gasteiger partial charge is 0.324 e. The summed E-state index contributed by atoms with van der Waals surface area (Å²) in [7, 11) is 0. The van der Waals surface area contributed by atoms with E-state index in [1.54, 1.807) is 18.2 Å². The number of amides is 1. The molecule has 0 radical (unpaired) electrons. The molecule has 0 atom stereocenters. The van der Waals surface area contributed by atoms with Gasteiger partial charge in [0, 0.05) is 6.42 Å². The van der Waals surface area contributed by atoms with Gasteiger partial charge in [-0.25, -0.2) is 4.39 Å². The highest BCUT2D eigenvalue weighted by atomic mass is 19.1. The molecule has 1 heterocycles. The number of anilines is 1. The van der Waals surface area contributed by atoms with Crippen molar-refractivity contribution in [1.29, 1.82) is 0 Å². The quantitative estimate of drug-likeness (QED) is 0.787. The summed E-state index contributed by atoms with van der Waals surface area (Å²) in [5.41, 5.74) is 0.259. The second-order valence-electron chi connectivity index (χ2n) is 3.76. The molecule has 1 aromatic rings. The molecular formula is C11H13FN2O. The van der Waals surface area contributed by atoms with Crippen molar-refractivity contribution in [3.63, 3.8) is 0 Å². The fraction of sp³-hybridized carbons (Fsp3) is 0.364. The predicted molar refractivity (Wildman–Crippen MR) is 56.0 cm³/mol. The minimum absolute atomic E-state index is 0.119. The van der Waals surface area contributed by atoms with Crippen LogP contribution in [-0.4, -0.2) is 19.0 Å². The van der Waals surface area contributed by atoms with Crippen molar-refractivity contribution in [1.82, 2.24) is 5.32 Å². The van der Waals surface area contributed by atoms with E-state index in [-0.39, 0.29) is 11.6 Å². The van der Waals surface area contributed by atoms with Gasteiger partial charge < -0.3 is 10.6 Å². The molecule has 0 spiro atoms. The molecule has 4 heteroatoms. The molecule has 1 aliphatic heterocycles. The molecule has 15 heavy (non-hydrogen) atoms. The lowest BCUT2D eigenvalue weighted by molar-refractivity contribution is -0.117. The van der Waals surface area contributed by atoms with Gasteiger partial charge in [0.05, 0.1) is 5.69 Å². The second kappa shape index (κ2) is 4.40. The minimum Gasteiger partial charge on any atom is -0.324 e. The van der Waals surface area contributed by atoms with E-state index in [1.165, 1.54) is 6.07 Å². The van der Waals surface area contributed by atoms with Crippen molar-refractivity contribution in [2.24, 2.45) is 5.92 Å². The topological polar surface area (TPSA) is 41.1 Å². The molecule has 0 aromatic heterocycles. The summed E-state index contributed by atoms with van der Waals surface area (Å²) >= 11 is 0. The maximum Gasteiger partial charge on any atom is 0.224 e. The monoisotopic (exact) mass is 208 g/mol. The van der Waals surface area contributed by atoms with Gasteiger partial charge in [0.15, 0.2) is 0 Å². The van der Waals surface area contributed by atoms with Crippen LogP contribution in [0.15, 0.2) is 24.3 Å². The first-order valence-corrected chi connectivity index (χ1v) is 5.01. The Bertz CT molecular complexity index is 363. The van der Waals surface area contributed by atoms with Crippen LogP contribution in [0.2, 0.25) is 0 Å². The summed E-state index contributed by atoms with van der Waals surface area (Å²) in [6, 6.07) is 6.19. The van der Waals surface area contributed by atoms with Gasteiger partial charge in [-0.1, -0.05) is 12.1 Å². The van der Waals surface area contributed by atoms with Gasteiger partial charge in [0.2, 0.25) is 5.91 Å². The van der Waals surface area contributed by atoms with Gasteiger partial charge in [0.1, 0.15) is 5.82 Å². The zero-order valence-electron chi connectivity index (χ0n) is 8.29. The number of carbonyl (C=O) groups excluding carboxylic acids is 1. The average Bonchev–Trinajstić information content (AvgIpc) is 2.16. The average molecular weight is 208 g/mol. The first-order valence-electron chi connectivity index (χ1n) is 5.01. The Morgan fingerprint density at radius 1 is 1.47 bits per heavy atom. The molecule has 1 amide bonds. The number of para-hydroxylation sites is 1. The first-order chi connectivity index (χ1) is 7.25. The van der Waals surface area contributed by atoms with Crippen LogP contribution in [0.25, 0.3) is 0 Å². The molecule has 2 rings (SSSR count). The van der Waals surface area contributed by atoms with Crippen LogP contribution in [-0.2, 0) is 4.79 Å². The summed E-state index contributed by atoms with van der Waals surface area (Å²) in [5.74, 6) is -0.110. The Kier molecular flexibility index (Phi) is 2.97. The van der Waals surface area contributed by atoms with E-state index in [0.29, 0.717) is 12.3 Å². The Hall–Kier alpha value is -1.42. The van der Waals surface area contributed by atoms with E-state index in [4.69, 9.17) is 0 Å². The Morgan fingerprint density at radius 3 is 2.80 bits per heavy atom. The number of carbonyl (C=O) groups is 1. The third-order valence-electron chi connectivity index (χ3n) is 2.49. The molecule has 2 N–H and O–H groups in total. The molecule has 1 fully saturated rings. The highest BCUT2D eigenvalue weighted by Gasteiger charge is 2.20. The maximum absolute atomic E-state index is 13.2.